The first kappa shape index (κ1) is 17.7. The highest BCUT2D eigenvalue weighted by molar-refractivity contribution is 7.90. The standard InChI is InChI=1S/C13H10F3N3O4S/c1-8-6-17-11(18-7-8)12(20)19-24(21,22)10-5-3-2-4-9(10)23-13(14,15)16/h2-7H,1H3,(H,19,20). The first-order chi connectivity index (χ1) is 11.1. The van der Waals surface area contributed by atoms with Gasteiger partial charge < -0.3 is 4.74 Å². The summed E-state index contributed by atoms with van der Waals surface area (Å²) in [6, 6.07) is 4.03. The largest absolute Gasteiger partial charge is 0.573 e. The molecule has 0 spiro atoms. The number of ether oxygens (including phenoxy) is 1. The number of amides is 1. The van der Waals surface area contributed by atoms with Crippen LogP contribution in [0.2, 0.25) is 0 Å². The Hall–Kier alpha value is -2.69. The second-order valence-corrected chi connectivity index (χ2v) is 6.16. The number of nitrogens with zero attached hydrogens (tertiary/aromatic N) is 2. The van der Waals surface area contributed by atoms with Gasteiger partial charge in [0.2, 0.25) is 5.82 Å². The molecule has 0 saturated carbocycles. The van der Waals surface area contributed by atoms with Crippen LogP contribution >= 0.6 is 0 Å². The van der Waals surface area contributed by atoms with Crippen molar-refractivity contribution in [3.05, 3.63) is 48.0 Å². The topological polar surface area (TPSA) is 98.2 Å². The Bertz CT molecular complexity index is 852. The molecule has 0 saturated heterocycles. The zero-order valence-electron chi connectivity index (χ0n) is 12.0. The molecule has 0 aliphatic rings. The molecular formula is C13H10F3N3O4S. The number of alkyl halides is 3. The molecule has 0 atom stereocenters. The lowest BCUT2D eigenvalue weighted by Gasteiger charge is -2.13. The van der Waals surface area contributed by atoms with Crippen molar-refractivity contribution in [2.24, 2.45) is 0 Å². The fraction of sp³-hybridized carbons (Fsp3) is 0.154. The van der Waals surface area contributed by atoms with Crippen LogP contribution in [-0.2, 0) is 10.0 Å². The molecule has 2 aromatic rings. The molecule has 11 heteroatoms. The summed E-state index contributed by atoms with van der Waals surface area (Å²) in [4.78, 5) is 18.3. The average Bonchev–Trinajstić information content (AvgIpc) is 2.46. The van der Waals surface area contributed by atoms with Gasteiger partial charge in [0.25, 0.3) is 10.0 Å². The number of halogens is 3. The summed E-state index contributed by atoms with van der Waals surface area (Å²) < 4.78 is 66.6. The van der Waals surface area contributed by atoms with Crippen molar-refractivity contribution in [2.75, 3.05) is 0 Å². The molecule has 2 rings (SSSR count). The zero-order valence-corrected chi connectivity index (χ0v) is 12.9. The number of aromatic nitrogens is 2. The number of carbonyl (C=O) groups excluding carboxylic acids is 1. The first-order valence-corrected chi connectivity index (χ1v) is 7.77. The van der Waals surface area contributed by atoms with E-state index >= 15 is 0 Å². The van der Waals surface area contributed by atoms with E-state index in [0.717, 1.165) is 18.2 Å². The van der Waals surface area contributed by atoms with E-state index in [-0.39, 0.29) is 0 Å². The summed E-state index contributed by atoms with van der Waals surface area (Å²) in [5, 5.41) is 0. The molecule has 0 radical (unpaired) electrons. The third-order valence-electron chi connectivity index (χ3n) is 2.58. The summed E-state index contributed by atoms with van der Waals surface area (Å²) >= 11 is 0. The highest BCUT2D eigenvalue weighted by Crippen LogP contribution is 2.29. The van der Waals surface area contributed by atoms with E-state index < -0.39 is 38.8 Å². The van der Waals surface area contributed by atoms with E-state index in [9.17, 15) is 26.4 Å². The van der Waals surface area contributed by atoms with Crippen LogP contribution in [0.25, 0.3) is 0 Å². The summed E-state index contributed by atoms with van der Waals surface area (Å²) in [5.74, 6) is -2.59. The maximum absolute atomic E-state index is 12.4. The summed E-state index contributed by atoms with van der Waals surface area (Å²) in [6.45, 7) is 1.66. The fourth-order valence-corrected chi connectivity index (χ4v) is 2.69. The molecular weight excluding hydrogens is 351 g/mol. The lowest BCUT2D eigenvalue weighted by atomic mass is 10.3. The Morgan fingerprint density at radius 2 is 1.75 bits per heavy atom. The average molecular weight is 361 g/mol. The van der Waals surface area contributed by atoms with Crippen molar-refractivity contribution < 1.29 is 31.1 Å². The molecule has 0 bridgehead atoms. The predicted octanol–water partition coefficient (Wildman–Crippen LogP) is 1.80. The number of sulfonamides is 1. The predicted molar refractivity (Wildman–Crippen MR) is 74.5 cm³/mol. The summed E-state index contributed by atoms with van der Waals surface area (Å²) in [5.41, 5.74) is 0.637. The highest BCUT2D eigenvalue weighted by Gasteiger charge is 2.34. The van der Waals surface area contributed by atoms with Gasteiger partial charge in [-0.2, -0.15) is 0 Å². The minimum Gasteiger partial charge on any atom is -0.404 e. The van der Waals surface area contributed by atoms with Crippen LogP contribution in [0.4, 0.5) is 13.2 Å². The number of carbonyl (C=O) groups is 1. The SMILES string of the molecule is Cc1cnc(C(=O)NS(=O)(=O)c2ccccc2OC(F)(F)F)nc1. The highest BCUT2D eigenvalue weighted by atomic mass is 32.2. The van der Waals surface area contributed by atoms with Gasteiger partial charge in [0.05, 0.1) is 0 Å². The van der Waals surface area contributed by atoms with Crippen LogP contribution in [-0.4, -0.2) is 30.7 Å². The monoisotopic (exact) mass is 361 g/mol. The second-order valence-electron chi connectivity index (χ2n) is 4.51. The van der Waals surface area contributed by atoms with Gasteiger partial charge in [0, 0.05) is 12.4 Å². The Balaban J connectivity index is 2.31. The number of hydrogen-bond donors (Lipinski definition) is 1. The van der Waals surface area contributed by atoms with Crippen LogP contribution in [0, 0.1) is 6.92 Å². The van der Waals surface area contributed by atoms with E-state index in [1.807, 2.05) is 0 Å². The van der Waals surface area contributed by atoms with Crippen LogP contribution < -0.4 is 9.46 Å². The Labute approximate surface area is 134 Å². The molecule has 7 nitrogen and oxygen atoms in total. The molecule has 24 heavy (non-hydrogen) atoms. The number of aryl methyl sites for hydroxylation is 1. The normalized spacial score (nSPS) is 11.8. The molecule has 0 unspecified atom stereocenters. The van der Waals surface area contributed by atoms with Crippen molar-refractivity contribution >= 4 is 15.9 Å². The Morgan fingerprint density at radius 1 is 1.17 bits per heavy atom. The molecule has 1 amide bonds. The van der Waals surface area contributed by atoms with Gasteiger partial charge in [0.15, 0.2) is 0 Å². The third-order valence-corrected chi connectivity index (χ3v) is 3.95. The van der Waals surface area contributed by atoms with Gasteiger partial charge in [-0.05, 0) is 24.6 Å². The van der Waals surface area contributed by atoms with Gasteiger partial charge in [-0.15, -0.1) is 13.2 Å². The van der Waals surface area contributed by atoms with Crippen molar-refractivity contribution in [3.63, 3.8) is 0 Å². The number of nitrogens with one attached hydrogen (secondary N) is 1. The van der Waals surface area contributed by atoms with Gasteiger partial charge in [-0.1, -0.05) is 12.1 Å². The maximum atomic E-state index is 12.4. The molecule has 0 aliphatic heterocycles. The zero-order chi connectivity index (χ0) is 18.0. The van der Waals surface area contributed by atoms with E-state index in [1.165, 1.54) is 18.5 Å². The van der Waals surface area contributed by atoms with Crippen LogP contribution in [0.1, 0.15) is 16.2 Å². The van der Waals surface area contributed by atoms with Crippen LogP contribution in [0.5, 0.6) is 5.75 Å². The number of hydrogen-bond acceptors (Lipinski definition) is 6. The van der Waals surface area contributed by atoms with Gasteiger partial charge in [0.1, 0.15) is 10.6 Å². The van der Waals surface area contributed by atoms with Crippen molar-refractivity contribution in [1.29, 1.82) is 0 Å². The molecule has 0 fully saturated rings. The lowest BCUT2D eigenvalue weighted by Crippen LogP contribution is -2.32. The van der Waals surface area contributed by atoms with Gasteiger partial charge in [-0.25, -0.2) is 23.1 Å². The number of para-hydroxylation sites is 1. The third kappa shape index (κ3) is 4.41. The van der Waals surface area contributed by atoms with Gasteiger partial charge in [-0.3, -0.25) is 4.79 Å². The quantitative estimate of drug-likeness (QED) is 0.892. The lowest BCUT2D eigenvalue weighted by molar-refractivity contribution is -0.275. The van der Waals surface area contributed by atoms with E-state index in [0.29, 0.717) is 5.56 Å². The number of rotatable bonds is 4. The molecule has 1 N–H and O–H groups in total. The number of benzene rings is 1. The molecule has 0 aliphatic carbocycles. The Kier molecular flexibility index (Phi) is 4.73. The van der Waals surface area contributed by atoms with Gasteiger partial charge >= 0.3 is 12.3 Å². The van der Waals surface area contributed by atoms with E-state index in [2.05, 4.69) is 14.7 Å². The second kappa shape index (κ2) is 6.43. The minimum atomic E-state index is -5.09. The van der Waals surface area contributed by atoms with E-state index in [4.69, 9.17) is 0 Å². The van der Waals surface area contributed by atoms with E-state index in [1.54, 1.807) is 11.6 Å². The molecule has 1 aromatic heterocycles. The molecule has 128 valence electrons. The molecule has 1 heterocycles. The van der Waals surface area contributed by atoms with Crippen molar-refractivity contribution in [2.45, 2.75) is 18.2 Å². The molecule has 1 aromatic carbocycles. The summed E-state index contributed by atoms with van der Waals surface area (Å²) in [7, 11) is -4.63. The van der Waals surface area contributed by atoms with Crippen LogP contribution in [0.3, 0.4) is 0 Å². The summed E-state index contributed by atoms with van der Waals surface area (Å²) in [6.07, 6.45) is -2.51. The Morgan fingerprint density at radius 3 is 2.33 bits per heavy atom. The van der Waals surface area contributed by atoms with Crippen LogP contribution in [0.15, 0.2) is 41.6 Å². The first-order valence-electron chi connectivity index (χ1n) is 6.29. The van der Waals surface area contributed by atoms with Crippen molar-refractivity contribution in [3.8, 4) is 5.75 Å². The maximum Gasteiger partial charge on any atom is 0.573 e. The smallest absolute Gasteiger partial charge is 0.404 e. The van der Waals surface area contributed by atoms with Crippen molar-refractivity contribution in [1.82, 2.24) is 14.7 Å². The fourth-order valence-electron chi connectivity index (χ4n) is 1.61. The minimum absolute atomic E-state index is 0.446.